The molecule has 2 atom stereocenters. The average molecular weight is 401 g/mol. The highest BCUT2D eigenvalue weighted by atomic mass is 19.4. The van der Waals surface area contributed by atoms with Crippen molar-refractivity contribution in [2.45, 2.75) is 31.7 Å². The molecule has 0 saturated carbocycles. The van der Waals surface area contributed by atoms with Crippen molar-refractivity contribution in [3.8, 4) is 0 Å². The summed E-state index contributed by atoms with van der Waals surface area (Å²) in [6, 6.07) is 12.6. The summed E-state index contributed by atoms with van der Waals surface area (Å²) in [5.41, 5.74) is 1.03. The molecule has 1 aliphatic rings. The Balaban J connectivity index is 2.07. The Bertz CT molecular complexity index is 919. The van der Waals surface area contributed by atoms with Crippen LogP contribution in [0, 0.1) is 0 Å². The van der Waals surface area contributed by atoms with Crippen LogP contribution in [0.25, 0.3) is 0 Å². The zero-order valence-corrected chi connectivity index (χ0v) is 16.2. The zero-order valence-electron chi connectivity index (χ0n) is 16.2. The van der Waals surface area contributed by atoms with Gasteiger partial charge in [0.05, 0.1) is 18.2 Å². The van der Waals surface area contributed by atoms with E-state index in [-0.39, 0.29) is 24.5 Å². The minimum atomic E-state index is -4.47. The molecule has 0 saturated heterocycles. The number of hydrogen-bond acceptors (Lipinski definition) is 2. The summed E-state index contributed by atoms with van der Waals surface area (Å²) in [7, 11) is 1.57. The molecule has 1 aliphatic carbocycles. The summed E-state index contributed by atoms with van der Waals surface area (Å²) >= 11 is 0. The highest BCUT2D eigenvalue weighted by Crippen LogP contribution is 2.36. The summed E-state index contributed by atoms with van der Waals surface area (Å²) in [5, 5.41) is 0. The number of methoxy groups -OCH3 is 1. The lowest BCUT2D eigenvalue weighted by Gasteiger charge is -2.28. The van der Waals surface area contributed by atoms with E-state index in [9.17, 15) is 18.0 Å². The van der Waals surface area contributed by atoms with Crippen molar-refractivity contribution in [1.29, 1.82) is 0 Å². The van der Waals surface area contributed by atoms with E-state index in [2.05, 4.69) is 0 Å². The Labute approximate surface area is 168 Å². The van der Waals surface area contributed by atoms with Crippen LogP contribution in [-0.4, -0.2) is 19.1 Å². The average Bonchev–Trinajstić information content (AvgIpc) is 2.71. The number of allylic oxidation sites excluding steroid dienone is 2. The van der Waals surface area contributed by atoms with Crippen LogP contribution in [0.5, 0.6) is 0 Å². The Hall–Kier alpha value is -2.86. The maximum atomic E-state index is 13.4. The van der Waals surface area contributed by atoms with Gasteiger partial charge in [0.15, 0.2) is 0 Å². The van der Waals surface area contributed by atoms with Crippen LogP contribution >= 0.6 is 0 Å². The van der Waals surface area contributed by atoms with Crippen LogP contribution in [0.2, 0.25) is 0 Å². The molecule has 0 spiro atoms. The second-order valence-electron chi connectivity index (χ2n) is 6.85. The molecule has 29 heavy (non-hydrogen) atoms. The third-order valence-corrected chi connectivity index (χ3v) is 4.96. The third kappa shape index (κ3) is 4.77. The van der Waals surface area contributed by atoms with Gasteiger partial charge in [0, 0.05) is 25.6 Å². The van der Waals surface area contributed by atoms with Gasteiger partial charge in [-0.15, -0.1) is 0 Å². The van der Waals surface area contributed by atoms with Crippen LogP contribution in [0.4, 0.5) is 18.9 Å². The van der Waals surface area contributed by atoms with E-state index in [0.29, 0.717) is 16.8 Å². The molecule has 0 radical (unpaired) electrons. The van der Waals surface area contributed by atoms with Crippen molar-refractivity contribution in [3.63, 3.8) is 0 Å². The number of rotatable bonds is 5. The lowest BCUT2D eigenvalue weighted by molar-refractivity contribution is -0.137. The maximum Gasteiger partial charge on any atom is 0.416 e. The molecule has 2 aromatic rings. The minimum Gasteiger partial charge on any atom is -0.376 e. The molecule has 0 N–H and O–H groups in total. The number of carbonyl (C=O) groups excluding carboxylic acids is 1. The number of para-hydroxylation sites is 1. The Morgan fingerprint density at radius 1 is 1.07 bits per heavy atom. The van der Waals surface area contributed by atoms with E-state index in [1.54, 1.807) is 31.4 Å². The van der Waals surface area contributed by atoms with Crippen molar-refractivity contribution in [3.05, 3.63) is 89.5 Å². The number of hydrogen-bond donors (Lipinski definition) is 0. The number of nitrogens with zero attached hydrogens (tertiary/aromatic N) is 1. The van der Waals surface area contributed by atoms with Crippen molar-refractivity contribution >= 4 is 11.6 Å². The molecule has 3 rings (SSSR count). The molecule has 2 unspecified atom stereocenters. The first kappa shape index (κ1) is 20.9. The maximum absolute atomic E-state index is 13.4. The fourth-order valence-corrected chi connectivity index (χ4v) is 3.50. The van der Waals surface area contributed by atoms with Crippen LogP contribution < -0.4 is 4.90 Å². The monoisotopic (exact) mass is 401 g/mol. The van der Waals surface area contributed by atoms with Crippen LogP contribution in [0.3, 0.4) is 0 Å². The van der Waals surface area contributed by atoms with E-state index in [4.69, 9.17) is 4.74 Å². The summed E-state index contributed by atoms with van der Waals surface area (Å²) in [5.74, 6) is -0.492. The van der Waals surface area contributed by atoms with Gasteiger partial charge < -0.3 is 9.64 Å². The SMILES string of the molecule is COC1C=CC=CC1c1ccc(C(F)(F)F)cc1CN(C(C)=O)c1ccccc1. The van der Waals surface area contributed by atoms with E-state index in [1.807, 2.05) is 30.4 Å². The lowest BCUT2D eigenvalue weighted by Crippen LogP contribution is -2.29. The van der Waals surface area contributed by atoms with Gasteiger partial charge in [-0.3, -0.25) is 4.79 Å². The molecular formula is C23H22F3NO2. The molecule has 0 heterocycles. The zero-order chi connectivity index (χ0) is 21.0. The van der Waals surface area contributed by atoms with Crippen LogP contribution in [0.15, 0.2) is 72.8 Å². The highest BCUT2D eigenvalue weighted by molar-refractivity contribution is 5.91. The standard InChI is InChI=1S/C23H22F3NO2/c1-16(28)27(19-8-4-3-5-9-19)15-17-14-18(23(24,25)26)12-13-20(17)21-10-6-7-11-22(21)29-2/h3-14,21-22H,15H2,1-2H3. The summed E-state index contributed by atoms with van der Waals surface area (Å²) < 4.78 is 45.6. The van der Waals surface area contributed by atoms with Gasteiger partial charge in [0.2, 0.25) is 5.91 Å². The molecule has 0 fully saturated rings. The van der Waals surface area contributed by atoms with Gasteiger partial charge >= 0.3 is 6.18 Å². The van der Waals surface area contributed by atoms with Crippen LogP contribution in [-0.2, 0) is 22.3 Å². The van der Waals surface area contributed by atoms with Crippen molar-refractivity contribution in [2.24, 2.45) is 0 Å². The molecule has 2 aromatic carbocycles. The van der Waals surface area contributed by atoms with Gasteiger partial charge in [-0.2, -0.15) is 13.2 Å². The van der Waals surface area contributed by atoms with Gasteiger partial charge in [-0.25, -0.2) is 0 Å². The topological polar surface area (TPSA) is 29.5 Å². The third-order valence-electron chi connectivity index (χ3n) is 4.96. The molecule has 0 bridgehead atoms. The summed E-state index contributed by atoms with van der Waals surface area (Å²) in [6.45, 7) is 1.44. The van der Waals surface area contributed by atoms with E-state index in [1.165, 1.54) is 17.9 Å². The molecule has 0 aromatic heterocycles. The Morgan fingerprint density at radius 3 is 2.38 bits per heavy atom. The van der Waals surface area contributed by atoms with Crippen molar-refractivity contribution < 1.29 is 22.7 Å². The number of amides is 1. The van der Waals surface area contributed by atoms with Gasteiger partial charge in [-0.1, -0.05) is 48.6 Å². The largest absolute Gasteiger partial charge is 0.416 e. The van der Waals surface area contributed by atoms with E-state index in [0.717, 1.165) is 12.1 Å². The minimum absolute atomic E-state index is 0.0308. The Morgan fingerprint density at radius 2 is 1.76 bits per heavy atom. The smallest absolute Gasteiger partial charge is 0.376 e. The van der Waals surface area contributed by atoms with E-state index < -0.39 is 11.7 Å². The summed E-state index contributed by atoms with van der Waals surface area (Å²) in [4.78, 5) is 13.8. The molecule has 1 amide bonds. The first-order valence-electron chi connectivity index (χ1n) is 9.22. The molecule has 3 nitrogen and oxygen atoms in total. The first-order valence-corrected chi connectivity index (χ1v) is 9.22. The lowest BCUT2D eigenvalue weighted by atomic mass is 9.86. The van der Waals surface area contributed by atoms with Gasteiger partial charge in [0.1, 0.15) is 0 Å². The van der Waals surface area contributed by atoms with Crippen LogP contribution in [0.1, 0.15) is 29.5 Å². The van der Waals surface area contributed by atoms with Crippen molar-refractivity contribution in [2.75, 3.05) is 12.0 Å². The van der Waals surface area contributed by atoms with Gasteiger partial charge in [-0.05, 0) is 35.4 Å². The predicted octanol–water partition coefficient (Wildman–Crippen LogP) is 5.48. The van der Waals surface area contributed by atoms with Gasteiger partial charge in [0.25, 0.3) is 0 Å². The summed E-state index contributed by atoms with van der Waals surface area (Å²) in [6.07, 6.45) is 2.71. The molecule has 152 valence electrons. The second kappa shape index (κ2) is 8.66. The first-order chi connectivity index (χ1) is 13.8. The highest BCUT2D eigenvalue weighted by Gasteiger charge is 2.33. The second-order valence-corrected chi connectivity index (χ2v) is 6.85. The molecule has 0 aliphatic heterocycles. The number of benzene rings is 2. The number of anilines is 1. The number of alkyl halides is 3. The fraction of sp³-hybridized carbons (Fsp3) is 0.261. The van der Waals surface area contributed by atoms with Crippen molar-refractivity contribution in [1.82, 2.24) is 0 Å². The number of ether oxygens (including phenoxy) is 1. The number of carbonyl (C=O) groups is 1. The fourth-order valence-electron chi connectivity index (χ4n) is 3.50. The Kier molecular flexibility index (Phi) is 6.23. The van der Waals surface area contributed by atoms with E-state index >= 15 is 0 Å². The normalized spacial score (nSPS) is 18.7. The quantitative estimate of drug-likeness (QED) is 0.664. The number of halogens is 3. The predicted molar refractivity (Wildman–Crippen MR) is 107 cm³/mol. The molecule has 6 heteroatoms. The molecular weight excluding hydrogens is 379 g/mol.